The van der Waals surface area contributed by atoms with Crippen molar-refractivity contribution in [3.05, 3.63) is 75.8 Å². The zero-order valence-corrected chi connectivity index (χ0v) is 14.5. The van der Waals surface area contributed by atoms with Crippen molar-refractivity contribution < 1.29 is 9.18 Å². The predicted octanol–water partition coefficient (Wildman–Crippen LogP) is 3.61. The summed E-state index contributed by atoms with van der Waals surface area (Å²) in [5, 5.41) is 10.7. The third-order valence-electron chi connectivity index (χ3n) is 3.63. The molecule has 0 spiro atoms. The van der Waals surface area contributed by atoms with Gasteiger partial charge in [-0.25, -0.2) is 9.07 Å². The fourth-order valence-electron chi connectivity index (χ4n) is 2.50. The second kappa shape index (κ2) is 7.03. The molecule has 0 bridgehead atoms. The van der Waals surface area contributed by atoms with Gasteiger partial charge in [-0.3, -0.25) is 4.79 Å². The summed E-state index contributed by atoms with van der Waals surface area (Å²) in [5.41, 5.74) is 3.94. The molecule has 7 heteroatoms. The standard InChI is InChI=1S/C18H16ClFN4O/c1-11-5-12(2)7-14(6-11)24-10-17(22-23-24)18(25)21-9-13-3-4-16(20)15(19)8-13/h3-8,10H,9H2,1-2H3,(H,21,25). The van der Waals surface area contributed by atoms with Crippen molar-refractivity contribution in [3.63, 3.8) is 0 Å². The number of aryl methyl sites for hydroxylation is 2. The van der Waals surface area contributed by atoms with E-state index in [1.165, 1.54) is 12.1 Å². The van der Waals surface area contributed by atoms with Crippen LogP contribution < -0.4 is 5.32 Å². The van der Waals surface area contributed by atoms with Gasteiger partial charge in [0.25, 0.3) is 5.91 Å². The maximum atomic E-state index is 13.1. The number of amides is 1. The molecular formula is C18H16ClFN4O. The molecule has 3 aromatic rings. The number of hydrogen-bond acceptors (Lipinski definition) is 3. The average Bonchev–Trinajstić information content (AvgIpc) is 3.05. The van der Waals surface area contributed by atoms with Gasteiger partial charge in [0.2, 0.25) is 0 Å². The van der Waals surface area contributed by atoms with Crippen LogP contribution in [0.2, 0.25) is 5.02 Å². The fourth-order valence-corrected chi connectivity index (χ4v) is 2.70. The highest BCUT2D eigenvalue weighted by Crippen LogP contribution is 2.16. The summed E-state index contributed by atoms with van der Waals surface area (Å²) in [6, 6.07) is 10.3. The van der Waals surface area contributed by atoms with Crippen molar-refractivity contribution in [1.82, 2.24) is 20.3 Å². The molecule has 0 radical (unpaired) electrons. The first kappa shape index (κ1) is 17.1. The number of nitrogens with one attached hydrogen (secondary N) is 1. The number of carbonyl (C=O) groups excluding carboxylic acids is 1. The van der Waals surface area contributed by atoms with E-state index < -0.39 is 5.82 Å². The Morgan fingerprint density at radius 2 is 1.92 bits per heavy atom. The summed E-state index contributed by atoms with van der Waals surface area (Å²) in [7, 11) is 0. The molecule has 0 aliphatic heterocycles. The van der Waals surface area contributed by atoms with Gasteiger partial charge in [0.15, 0.2) is 5.69 Å². The van der Waals surface area contributed by atoms with Crippen LogP contribution in [0.4, 0.5) is 4.39 Å². The van der Waals surface area contributed by atoms with Gasteiger partial charge in [0.05, 0.1) is 16.9 Å². The highest BCUT2D eigenvalue weighted by Gasteiger charge is 2.12. The van der Waals surface area contributed by atoms with Crippen molar-refractivity contribution >= 4 is 17.5 Å². The lowest BCUT2D eigenvalue weighted by molar-refractivity contribution is 0.0946. The van der Waals surface area contributed by atoms with Gasteiger partial charge in [0, 0.05) is 6.54 Å². The van der Waals surface area contributed by atoms with E-state index in [0.29, 0.717) is 5.56 Å². The minimum Gasteiger partial charge on any atom is -0.347 e. The lowest BCUT2D eigenvalue weighted by atomic mass is 10.1. The first-order valence-corrected chi connectivity index (χ1v) is 8.03. The molecule has 0 aliphatic carbocycles. The third-order valence-corrected chi connectivity index (χ3v) is 3.92. The molecule has 2 aromatic carbocycles. The van der Waals surface area contributed by atoms with Crippen LogP contribution in [0.1, 0.15) is 27.2 Å². The van der Waals surface area contributed by atoms with Gasteiger partial charge in [-0.2, -0.15) is 0 Å². The third kappa shape index (κ3) is 4.03. The largest absolute Gasteiger partial charge is 0.347 e. The second-order valence-corrected chi connectivity index (χ2v) is 6.23. The normalized spacial score (nSPS) is 10.7. The van der Waals surface area contributed by atoms with E-state index >= 15 is 0 Å². The van der Waals surface area contributed by atoms with Crippen LogP contribution in [0.5, 0.6) is 0 Å². The molecule has 0 saturated carbocycles. The Labute approximate surface area is 149 Å². The Hall–Kier alpha value is -2.73. The number of hydrogen-bond donors (Lipinski definition) is 1. The second-order valence-electron chi connectivity index (χ2n) is 5.83. The van der Waals surface area contributed by atoms with Gasteiger partial charge in [-0.1, -0.05) is 28.9 Å². The average molecular weight is 359 g/mol. The maximum absolute atomic E-state index is 13.1. The van der Waals surface area contributed by atoms with Crippen molar-refractivity contribution in [1.29, 1.82) is 0 Å². The van der Waals surface area contributed by atoms with Gasteiger partial charge in [0.1, 0.15) is 5.82 Å². The summed E-state index contributed by atoms with van der Waals surface area (Å²) >= 11 is 5.73. The van der Waals surface area contributed by atoms with Gasteiger partial charge in [-0.15, -0.1) is 5.10 Å². The van der Waals surface area contributed by atoms with Crippen LogP contribution in [0.3, 0.4) is 0 Å². The summed E-state index contributed by atoms with van der Waals surface area (Å²) < 4.78 is 14.7. The fraction of sp³-hybridized carbons (Fsp3) is 0.167. The number of rotatable bonds is 4. The zero-order valence-electron chi connectivity index (χ0n) is 13.8. The molecule has 25 heavy (non-hydrogen) atoms. The van der Waals surface area contributed by atoms with Crippen molar-refractivity contribution in [2.24, 2.45) is 0 Å². The van der Waals surface area contributed by atoms with E-state index in [1.54, 1.807) is 16.9 Å². The van der Waals surface area contributed by atoms with Gasteiger partial charge >= 0.3 is 0 Å². The maximum Gasteiger partial charge on any atom is 0.273 e. The van der Waals surface area contributed by atoms with Crippen molar-refractivity contribution in [2.75, 3.05) is 0 Å². The van der Waals surface area contributed by atoms with Gasteiger partial charge < -0.3 is 5.32 Å². The Balaban J connectivity index is 1.71. The molecule has 0 fully saturated rings. The van der Waals surface area contributed by atoms with E-state index in [1.807, 2.05) is 26.0 Å². The van der Waals surface area contributed by atoms with Crippen LogP contribution in [0.25, 0.3) is 5.69 Å². The Morgan fingerprint density at radius 1 is 1.20 bits per heavy atom. The monoisotopic (exact) mass is 358 g/mol. The van der Waals surface area contributed by atoms with Crippen LogP contribution in [-0.4, -0.2) is 20.9 Å². The van der Waals surface area contributed by atoms with Crippen molar-refractivity contribution in [2.45, 2.75) is 20.4 Å². The molecular weight excluding hydrogens is 343 g/mol. The van der Waals surface area contributed by atoms with E-state index in [0.717, 1.165) is 16.8 Å². The summed E-state index contributed by atoms with van der Waals surface area (Å²) in [4.78, 5) is 12.2. The van der Waals surface area contributed by atoms with E-state index in [4.69, 9.17) is 11.6 Å². The highest BCUT2D eigenvalue weighted by molar-refractivity contribution is 6.30. The molecule has 1 aromatic heterocycles. The topological polar surface area (TPSA) is 59.8 Å². The predicted molar refractivity (Wildman–Crippen MR) is 93.4 cm³/mol. The zero-order chi connectivity index (χ0) is 18.0. The SMILES string of the molecule is Cc1cc(C)cc(-n2cc(C(=O)NCc3ccc(F)c(Cl)c3)nn2)c1. The molecule has 5 nitrogen and oxygen atoms in total. The smallest absolute Gasteiger partial charge is 0.273 e. The lowest BCUT2D eigenvalue weighted by Crippen LogP contribution is -2.23. The summed E-state index contributed by atoms with van der Waals surface area (Å²) in [6.45, 7) is 4.21. The molecule has 0 atom stereocenters. The first-order chi connectivity index (χ1) is 11.9. The Kier molecular flexibility index (Phi) is 4.81. The number of benzene rings is 2. The Morgan fingerprint density at radius 3 is 2.60 bits per heavy atom. The first-order valence-electron chi connectivity index (χ1n) is 7.65. The van der Waals surface area contributed by atoms with Crippen LogP contribution in [-0.2, 0) is 6.54 Å². The van der Waals surface area contributed by atoms with E-state index in [-0.39, 0.29) is 23.2 Å². The van der Waals surface area contributed by atoms with E-state index in [9.17, 15) is 9.18 Å². The summed E-state index contributed by atoms with van der Waals surface area (Å²) in [6.07, 6.45) is 1.57. The summed E-state index contributed by atoms with van der Waals surface area (Å²) in [5.74, 6) is -0.857. The van der Waals surface area contributed by atoms with Crippen molar-refractivity contribution in [3.8, 4) is 5.69 Å². The molecule has 3 rings (SSSR count). The lowest BCUT2D eigenvalue weighted by Gasteiger charge is -2.04. The quantitative estimate of drug-likeness (QED) is 0.775. The Bertz CT molecular complexity index is 918. The van der Waals surface area contributed by atoms with Crippen LogP contribution in [0, 0.1) is 19.7 Å². The minimum absolute atomic E-state index is 0.0208. The molecule has 128 valence electrons. The minimum atomic E-state index is -0.492. The molecule has 0 aliphatic rings. The highest BCUT2D eigenvalue weighted by atomic mass is 35.5. The number of halogens is 2. The van der Waals surface area contributed by atoms with Crippen LogP contribution in [0.15, 0.2) is 42.6 Å². The molecule has 0 saturated heterocycles. The molecule has 1 heterocycles. The molecule has 1 N–H and O–H groups in total. The molecule has 1 amide bonds. The number of aromatic nitrogens is 3. The number of nitrogens with zero attached hydrogens (tertiary/aromatic N) is 3. The van der Waals surface area contributed by atoms with Crippen LogP contribution >= 0.6 is 11.6 Å². The van der Waals surface area contributed by atoms with E-state index in [2.05, 4.69) is 21.7 Å². The molecule has 0 unspecified atom stereocenters. The number of carbonyl (C=O) groups is 1. The van der Waals surface area contributed by atoms with Gasteiger partial charge in [-0.05, 0) is 54.8 Å².